The molecule has 0 unspecified atom stereocenters. The maximum atomic E-state index is 8.80. The molecular weight excluding hydrogens is 264 g/mol. The Morgan fingerprint density at radius 2 is 1.75 bits per heavy atom. The van der Waals surface area contributed by atoms with E-state index < -0.39 is 0 Å². The van der Waals surface area contributed by atoms with Gasteiger partial charge in [0.2, 0.25) is 0 Å². The van der Waals surface area contributed by atoms with Gasteiger partial charge in [0.15, 0.2) is 0 Å². The number of hydrogen-bond acceptors (Lipinski definition) is 2. The van der Waals surface area contributed by atoms with Crippen LogP contribution >= 0.6 is 15.9 Å². The Labute approximate surface area is 103 Å². The third kappa shape index (κ3) is 2.41. The van der Waals surface area contributed by atoms with Gasteiger partial charge in [-0.15, -0.1) is 0 Å². The van der Waals surface area contributed by atoms with E-state index in [4.69, 9.17) is 5.26 Å². The highest BCUT2D eigenvalue weighted by Crippen LogP contribution is 2.23. The molecule has 16 heavy (non-hydrogen) atoms. The number of anilines is 2. The van der Waals surface area contributed by atoms with E-state index in [0.717, 1.165) is 15.8 Å². The number of nitriles is 1. The quantitative estimate of drug-likeness (QED) is 0.895. The number of benzene rings is 2. The van der Waals surface area contributed by atoms with Gasteiger partial charge in [-0.2, -0.15) is 5.26 Å². The summed E-state index contributed by atoms with van der Waals surface area (Å²) in [4.78, 5) is 0. The van der Waals surface area contributed by atoms with Crippen LogP contribution in [0.5, 0.6) is 0 Å². The smallest absolute Gasteiger partial charge is 0.100 e. The van der Waals surface area contributed by atoms with Gasteiger partial charge in [-0.1, -0.05) is 18.2 Å². The van der Waals surface area contributed by atoms with Gasteiger partial charge in [-0.05, 0) is 46.3 Å². The molecule has 0 spiro atoms. The lowest BCUT2D eigenvalue weighted by Gasteiger charge is -2.06. The summed E-state index contributed by atoms with van der Waals surface area (Å²) in [5.41, 5.74) is 2.62. The monoisotopic (exact) mass is 272 g/mol. The Bertz CT molecular complexity index is 529. The average molecular weight is 273 g/mol. The number of rotatable bonds is 2. The summed E-state index contributed by atoms with van der Waals surface area (Å²) in [6.45, 7) is 0. The van der Waals surface area contributed by atoms with E-state index in [1.54, 1.807) is 6.07 Å². The molecule has 2 nitrogen and oxygen atoms in total. The summed E-state index contributed by atoms with van der Waals surface area (Å²) in [5.74, 6) is 0. The predicted molar refractivity (Wildman–Crippen MR) is 68.6 cm³/mol. The Morgan fingerprint density at radius 1 is 1.00 bits per heavy atom. The molecule has 0 saturated carbocycles. The molecular formula is C13H9BrN2. The van der Waals surface area contributed by atoms with Gasteiger partial charge in [0.25, 0.3) is 0 Å². The number of hydrogen-bond donors (Lipinski definition) is 1. The maximum Gasteiger partial charge on any atom is 0.100 e. The fourth-order valence-corrected chi connectivity index (χ4v) is 1.84. The molecule has 0 radical (unpaired) electrons. The third-order valence-corrected chi connectivity index (χ3v) is 2.81. The first kappa shape index (κ1) is 10.7. The van der Waals surface area contributed by atoms with Crippen LogP contribution in [0.2, 0.25) is 0 Å². The molecule has 0 fully saturated rings. The SMILES string of the molecule is N#Cc1ccc(Nc2ccccc2)cc1Br. The van der Waals surface area contributed by atoms with Crippen molar-refractivity contribution in [3.8, 4) is 6.07 Å². The second-order valence-electron chi connectivity index (χ2n) is 3.30. The first-order valence-corrected chi connectivity index (χ1v) is 5.60. The standard InChI is InChI=1S/C13H9BrN2/c14-13-8-12(7-6-10(13)9-15)16-11-4-2-1-3-5-11/h1-8,16H. The van der Waals surface area contributed by atoms with Crippen molar-refractivity contribution in [2.45, 2.75) is 0 Å². The van der Waals surface area contributed by atoms with Crippen LogP contribution in [0.3, 0.4) is 0 Å². The van der Waals surface area contributed by atoms with Crippen molar-refractivity contribution in [1.29, 1.82) is 5.26 Å². The van der Waals surface area contributed by atoms with Crippen molar-refractivity contribution in [2.75, 3.05) is 5.32 Å². The molecule has 0 atom stereocenters. The molecule has 2 rings (SSSR count). The van der Waals surface area contributed by atoms with E-state index in [1.165, 1.54) is 0 Å². The van der Waals surface area contributed by atoms with Crippen LogP contribution in [-0.4, -0.2) is 0 Å². The van der Waals surface area contributed by atoms with E-state index in [9.17, 15) is 0 Å². The second kappa shape index (κ2) is 4.82. The van der Waals surface area contributed by atoms with E-state index in [-0.39, 0.29) is 0 Å². The molecule has 0 aliphatic carbocycles. The largest absolute Gasteiger partial charge is 0.355 e. The normalized spacial score (nSPS) is 9.50. The Hall–Kier alpha value is -1.79. The van der Waals surface area contributed by atoms with Gasteiger partial charge in [0, 0.05) is 15.8 Å². The highest BCUT2D eigenvalue weighted by Gasteiger charge is 2.00. The minimum Gasteiger partial charge on any atom is -0.355 e. The molecule has 0 bridgehead atoms. The van der Waals surface area contributed by atoms with E-state index in [0.29, 0.717) is 5.56 Å². The fourth-order valence-electron chi connectivity index (χ4n) is 1.37. The molecule has 0 amide bonds. The zero-order valence-corrected chi connectivity index (χ0v) is 10.0. The zero-order chi connectivity index (χ0) is 11.4. The lowest BCUT2D eigenvalue weighted by Crippen LogP contribution is -1.90. The van der Waals surface area contributed by atoms with Crippen LogP contribution in [-0.2, 0) is 0 Å². The minimum atomic E-state index is 0.638. The highest BCUT2D eigenvalue weighted by molar-refractivity contribution is 9.10. The van der Waals surface area contributed by atoms with Gasteiger partial charge in [0.05, 0.1) is 5.56 Å². The van der Waals surface area contributed by atoms with Crippen LogP contribution in [0.1, 0.15) is 5.56 Å². The van der Waals surface area contributed by atoms with E-state index in [2.05, 4.69) is 27.3 Å². The molecule has 3 heteroatoms. The fraction of sp³-hybridized carbons (Fsp3) is 0. The molecule has 0 aliphatic rings. The summed E-state index contributed by atoms with van der Waals surface area (Å²) in [7, 11) is 0. The van der Waals surface area contributed by atoms with Crippen LogP contribution in [0, 0.1) is 11.3 Å². The molecule has 0 aliphatic heterocycles. The van der Waals surface area contributed by atoms with Crippen molar-refractivity contribution in [3.63, 3.8) is 0 Å². The Morgan fingerprint density at radius 3 is 2.38 bits per heavy atom. The number of halogens is 1. The van der Waals surface area contributed by atoms with Gasteiger partial charge in [-0.3, -0.25) is 0 Å². The Kier molecular flexibility index (Phi) is 3.23. The molecule has 78 valence electrons. The molecule has 2 aromatic carbocycles. The molecule has 0 heterocycles. The lowest BCUT2D eigenvalue weighted by molar-refractivity contribution is 1.45. The molecule has 2 aromatic rings. The minimum absolute atomic E-state index is 0.638. The van der Waals surface area contributed by atoms with Crippen LogP contribution in [0.4, 0.5) is 11.4 Å². The Balaban J connectivity index is 2.24. The van der Waals surface area contributed by atoms with E-state index >= 15 is 0 Å². The van der Waals surface area contributed by atoms with Gasteiger partial charge >= 0.3 is 0 Å². The summed E-state index contributed by atoms with van der Waals surface area (Å²) in [6.07, 6.45) is 0. The van der Waals surface area contributed by atoms with Gasteiger partial charge in [-0.25, -0.2) is 0 Å². The lowest BCUT2D eigenvalue weighted by atomic mass is 10.2. The van der Waals surface area contributed by atoms with Crippen LogP contribution in [0.25, 0.3) is 0 Å². The second-order valence-corrected chi connectivity index (χ2v) is 4.15. The highest BCUT2D eigenvalue weighted by atomic mass is 79.9. The van der Waals surface area contributed by atoms with Gasteiger partial charge < -0.3 is 5.32 Å². The van der Waals surface area contributed by atoms with Crippen LogP contribution < -0.4 is 5.32 Å². The van der Waals surface area contributed by atoms with Crippen molar-refractivity contribution in [1.82, 2.24) is 0 Å². The summed E-state index contributed by atoms with van der Waals surface area (Å²) in [6, 6.07) is 17.6. The van der Waals surface area contributed by atoms with Gasteiger partial charge in [0.1, 0.15) is 6.07 Å². The van der Waals surface area contributed by atoms with Crippen molar-refractivity contribution in [2.24, 2.45) is 0 Å². The van der Waals surface area contributed by atoms with Crippen molar-refractivity contribution < 1.29 is 0 Å². The van der Waals surface area contributed by atoms with Crippen molar-refractivity contribution in [3.05, 3.63) is 58.6 Å². The number of nitrogens with zero attached hydrogens (tertiary/aromatic N) is 1. The topological polar surface area (TPSA) is 35.8 Å². The third-order valence-electron chi connectivity index (χ3n) is 2.15. The van der Waals surface area contributed by atoms with E-state index in [1.807, 2.05) is 42.5 Å². The number of para-hydroxylation sites is 1. The molecule has 0 aromatic heterocycles. The summed E-state index contributed by atoms with van der Waals surface area (Å²) >= 11 is 3.36. The average Bonchev–Trinajstić information content (AvgIpc) is 2.31. The van der Waals surface area contributed by atoms with Crippen molar-refractivity contribution >= 4 is 27.3 Å². The molecule has 0 saturated heterocycles. The maximum absolute atomic E-state index is 8.80. The zero-order valence-electron chi connectivity index (χ0n) is 8.44. The summed E-state index contributed by atoms with van der Waals surface area (Å²) in [5, 5.41) is 12.1. The first-order valence-electron chi connectivity index (χ1n) is 4.81. The first-order chi connectivity index (χ1) is 7.79. The predicted octanol–water partition coefficient (Wildman–Crippen LogP) is 4.06. The van der Waals surface area contributed by atoms with Crippen LogP contribution in [0.15, 0.2) is 53.0 Å². The molecule has 1 N–H and O–H groups in total. The summed E-state index contributed by atoms with van der Waals surface area (Å²) < 4.78 is 0.802. The number of nitrogens with one attached hydrogen (secondary N) is 1.